The molecule has 0 atom stereocenters. The molecule has 0 aliphatic carbocycles. The Bertz CT molecular complexity index is 447. The van der Waals surface area contributed by atoms with Crippen molar-refractivity contribution in [2.75, 3.05) is 7.11 Å². The van der Waals surface area contributed by atoms with Crippen molar-refractivity contribution >= 4 is 21.6 Å². The minimum Gasteiger partial charge on any atom is -0.495 e. The predicted molar refractivity (Wildman–Crippen MR) is 54.3 cm³/mol. The summed E-state index contributed by atoms with van der Waals surface area (Å²) in [6.07, 6.45) is 0. The van der Waals surface area contributed by atoms with E-state index in [1.165, 1.54) is 15.2 Å². The van der Waals surface area contributed by atoms with Gasteiger partial charge in [-0.3, -0.25) is 0 Å². The second-order valence-corrected chi connectivity index (χ2v) is 4.19. The average molecular weight is 194 g/mol. The maximum atomic E-state index is 5.29. The third-order valence-corrected chi connectivity index (χ3v) is 3.45. The first-order chi connectivity index (χ1) is 6.24. The molecule has 1 heterocycles. The van der Waals surface area contributed by atoms with Crippen molar-refractivity contribution in [1.82, 2.24) is 0 Å². The highest BCUT2D eigenvalue weighted by atomic mass is 32.1. The van der Waals surface area contributed by atoms with Crippen molar-refractivity contribution in [2.45, 2.75) is 6.92 Å². The Morgan fingerprint density at radius 1 is 1.38 bits per heavy atom. The van der Waals surface area contributed by atoms with Crippen molar-refractivity contribution < 1.29 is 9.30 Å². The fourth-order valence-electron chi connectivity index (χ4n) is 1.42. The van der Waals surface area contributed by atoms with Crippen LogP contribution < -0.4 is 9.30 Å². The number of aryl methyl sites for hydroxylation is 2. The molecule has 0 aliphatic rings. The summed E-state index contributed by atoms with van der Waals surface area (Å²) in [4.78, 5) is 0. The first-order valence-electron chi connectivity index (χ1n) is 4.16. The van der Waals surface area contributed by atoms with Gasteiger partial charge in [-0.2, -0.15) is 4.57 Å². The summed E-state index contributed by atoms with van der Waals surface area (Å²) in [5, 5.41) is 1.29. The van der Waals surface area contributed by atoms with E-state index < -0.39 is 0 Å². The standard InChI is InChI=1S/C10H12NOS/c1-7-11(2)8-5-4-6-9(12-3)10(8)13-7/h4-6H,1-3H3/q+1. The van der Waals surface area contributed by atoms with E-state index in [1.54, 1.807) is 18.4 Å². The number of nitrogens with zero attached hydrogens (tertiary/aromatic N) is 1. The number of hydrogen-bond donors (Lipinski definition) is 0. The Kier molecular flexibility index (Phi) is 1.96. The third-order valence-electron chi connectivity index (χ3n) is 2.26. The lowest BCUT2D eigenvalue weighted by molar-refractivity contribution is -0.646. The fourth-order valence-corrected chi connectivity index (χ4v) is 2.51. The second kappa shape index (κ2) is 3.00. The second-order valence-electron chi connectivity index (χ2n) is 2.99. The van der Waals surface area contributed by atoms with Crippen LogP contribution in [0.25, 0.3) is 10.2 Å². The maximum absolute atomic E-state index is 5.29. The molecule has 0 aliphatic heterocycles. The van der Waals surface area contributed by atoms with E-state index in [2.05, 4.69) is 24.6 Å². The van der Waals surface area contributed by atoms with Crippen LogP contribution in [0, 0.1) is 6.92 Å². The molecule has 2 rings (SSSR count). The Morgan fingerprint density at radius 2 is 2.15 bits per heavy atom. The topological polar surface area (TPSA) is 13.1 Å². The molecule has 1 aromatic carbocycles. The SMILES string of the molecule is COc1cccc2c1sc(C)[n+]2C. The molecule has 2 aromatic rings. The summed E-state index contributed by atoms with van der Waals surface area (Å²) >= 11 is 1.77. The predicted octanol–water partition coefficient (Wildman–Crippen LogP) is 2.04. The number of rotatable bonds is 1. The van der Waals surface area contributed by atoms with Crippen molar-refractivity contribution in [1.29, 1.82) is 0 Å². The van der Waals surface area contributed by atoms with Crippen molar-refractivity contribution in [3.05, 3.63) is 23.2 Å². The van der Waals surface area contributed by atoms with Gasteiger partial charge in [-0.15, -0.1) is 0 Å². The van der Waals surface area contributed by atoms with Crippen molar-refractivity contribution in [3.8, 4) is 5.75 Å². The maximum Gasteiger partial charge on any atom is 0.235 e. The molecule has 0 unspecified atom stereocenters. The van der Waals surface area contributed by atoms with Crippen LogP contribution in [0.1, 0.15) is 5.01 Å². The number of thiazole rings is 1. The van der Waals surface area contributed by atoms with Crippen molar-refractivity contribution in [3.63, 3.8) is 0 Å². The van der Waals surface area contributed by atoms with Gasteiger partial charge in [0, 0.05) is 13.0 Å². The molecular formula is C10H12NOS+. The third kappa shape index (κ3) is 1.20. The van der Waals surface area contributed by atoms with E-state index in [9.17, 15) is 0 Å². The van der Waals surface area contributed by atoms with Crippen LogP contribution in [-0.2, 0) is 7.05 Å². The molecule has 0 saturated carbocycles. The van der Waals surface area contributed by atoms with Gasteiger partial charge in [0.15, 0.2) is 0 Å². The quantitative estimate of drug-likeness (QED) is 0.633. The van der Waals surface area contributed by atoms with Gasteiger partial charge < -0.3 is 4.74 Å². The van der Waals surface area contributed by atoms with Crippen LogP contribution >= 0.6 is 11.3 Å². The summed E-state index contributed by atoms with van der Waals surface area (Å²) in [7, 11) is 3.79. The van der Waals surface area contributed by atoms with Gasteiger partial charge in [0.05, 0.1) is 7.11 Å². The summed E-state index contributed by atoms with van der Waals surface area (Å²) in [5.74, 6) is 0.964. The highest BCUT2D eigenvalue weighted by Gasteiger charge is 2.15. The molecule has 0 N–H and O–H groups in total. The van der Waals surface area contributed by atoms with Gasteiger partial charge in [-0.05, 0) is 6.07 Å². The highest BCUT2D eigenvalue weighted by molar-refractivity contribution is 7.18. The molecule has 0 spiro atoms. The smallest absolute Gasteiger partial charge is 0.235 e. The van der Waals surface area contributed by atoms with Crippen LogP contribution in [0.2, 0.25) is 0 Å². The van der Waals surface area contributed by atoms with Crippen LogP contribution in [-0.4, -0.2) is 7.11 Å². The molecule has 3 heteroatoms. The van der Waals surface area contributed by atoms with Crippen molar-refractivity contribution in [2.24, 2.45) is 7.05 Å². The molecule has 68 valence electrons. The Hall–Kier alpha value is -1.09. The first kappa shape index (κ1) is 8.51. The van der Waals surface area contributed by atoms with Crippen LogP contribution in [0.3, 0.4) is 0 Å². The zero-order valence-electron chi connectivity index (χ0n) is 8.00. The number of hydrogen-bond acceptors (Lipinski definition) is 2. The lowest BCUT2D eigenvalue weighted by Gasteiger charge is -1.96. The van der Waals surface area contributed by atoms with Crippen LogP contribution in [0.4, 0.5) is 0 Å². The lowest BCUT2D eigenvalue weighted by Crippen LogP contribution is -2.28. The Balaban J connectivity index is 2.84. The largest absolute Gasteiger partial charge is 0.495 e. The molecule has 0 amide bonds. The minimum absolute atomic E-state index is 0.964. The van der Waals surface area contributed by atoms with Gasteiger partial charge >= 0.3 is 0 Å². The Morgan fingerprint density at radius 3 is 2.85 bits per heavy atom. The monoisotopic (exact) mass is 194 g/mol. The first-order valence-corrected chi connectivity index (χ1v) is 4.98. The normalized spacial score (nSPS) is 10.7. The molecule has 13 heavy (non-hydrogen) atoms. The zero-order valence-corrected chi connectivity index (χ0v) is 8.81. The van der Waals surface area contributed by atoms with E-state index in [-0.39, 0.29) is 0 Å². The van der Waals surface area contributed by atoms with E-state index in [0.717, 1.165) is 5.75 Å². The lowest BCUT2D eigenvalue weighted by atomic mass is 10.3. The number of methoxy groups -OCH3 is 1. The molecule has 1 aromatic heterocycles. The van der Waals surface area contributed by atoms with Crippen LogP contribution in [0.15, 0.2) is 18.2 Å². The summed E-state index contributed by atoms with van der Waals surface area (Å²) in [6, 6.07) is 6.13. The van der Waals surface area contributed by atoms with E-state index in [0.29, 0.717) is 0 Å². The van der Waals surface area contributed by atoms with E-state index in [1.807, 2.05) is 12.1 Å². The van der Waals surface area contributed by atoms with Gasteiger partial charge in [0.25, 0.3) is 0 Å². The highest BCUT2D eigenvalue weighted by Crippen LogP contribution is 2.28. The van der Waals surface area contributed by atoms with Crippen LogP contribution in [0.5, 0.6) is 5.75 Å². The summed E-state index contributed by atoms with van der Waals surface area (Å²) in [6.45, 7) is 2.12. The van der Waals surface area contributed by atoms with E-state index in [4.69, 9.17) is 4.74 Å². The summed E-state index contributed by atoms with van der Waals surface area (Å²) < 4.78 is 8.70. The Labute approximate surface area is 81.4 Å². The number of aromatic nitrogens is 1. The van der Waals surface area contributed by atoms with E-state index >= 15 is 0 Å². The van der Waals surface area contributed by atoms with Gasteiger partial charge in [0.2, 0.25) is 10.5 Å². The van der Waals surface area contributed by atoms with Gasteiger partial charge in [-0.1, -0.05) is 17.4 Å². The molecular weight excluding hydrogens is 182 g/mol. The van der Waals surface area contributed by atoms with Gasteiger partial charge in [0.1, 0.15) is 17.5 Å². The zero-order chi connectivity index (χ0) is 9.42. The number of benzene rings is 1. The number of fused-ring (bicyclic) bond motifs is 1. The average Bonchev–Trinajstić information content (AvgIpc) is 2.43. The minimum atomic E-state index is 0.964. The number of ether oxygens (including phenoxy) is 1. The molecule has 0 fully saturated rings. The molecule has 0 bridgehead atoms. The molecule has 0 saturated heterocycles. The molecule has 2 nitrogen and oxygen atoms in total. The molecule has 0 radical (unpaired) electrons. The summed E-state index contributed by atoms with van der Waals surface area (Å²) in [5.41, 5.74) is 1.24. The fraction of sp³-hybridized carbons (Fsp3) is 0.300. The van der Waals surface area contributed by atoms with Gasteiger partial charge in [-0.25, -0.2) is 0 Å².